The minimum atomic E-state index is 0.280. The number of rotatable bonds is 2. The Labute approximate surface area is 106 Å². The number of benzene rings is 1. The summed E-state index contributed by atoms with van der Waals surface area (Å²) in [7, 11) is 0. The second-order valence-electron chi connectivity index (χ2n) is 4.83. The number of hydrogen-bond acceptors (Lipinski definition) is 5. The van der Waals surface area contributed by atoms with Crippen molar-refractivity contribution >= 4 is 16.7 Å². The largest absolute Gasteiger partial charge is 0.383 e. The molecule has 0 radical (unpaired) electrons. The van der Waals surface area contributed by atoms with Gasteiger partial charge in [-0.05, 0) is 18.6 Å². The van der Waals surface area contributed by atoms with Gasteiger partial charge >= 0.3 is 0 Å². The maximum absolute atomic E-state index is 5.96. The van der Waals surface area contributed by atoms with Crippen LogP contribution in [-0.2, 0) is 6.54 Å². The van der Waals surface area contributed by atoms with Crippen molar-refractivity contribution in [2.45, 2.75) is 19.0 Å². The first-order chi connectivity index (χ1) is 8.72. The molecule has 1 atom stereocenters. The van der Waals surface area contributed by atoms with E-state index >= 15 is 0 Å². The first-order valence-corrected chi connectivity index (χ1v) is 6.21. The van der Waals surface area contributed by atoms with Crippen LogP contribution in [0.3, 0.4) is 0 Å². The van der Waals surface area contributed by atoms with Crippen LogP contribution in [0, 0.1) is 0 Å². The number of para-hydroxylation sites is 1. The summed E-state index contributed by atoms with van der Waals surface area (Å²) in [6, 6.07) is 8.10. The second kappa shape index (κ2) is 4.51. The maximum Gasteiger partial charge on any atom is 0.145 e. The third kappa shape index (κ3) is 2.14. The van der Waals surface area contributed by atoms with Gasteiger partial charge in [0.2, 0.25) is 0 Å². The van der Waals surface area contributed by atoms with Gasteiger partial charge in [-0.25, -0.2) is 9.97 Å². The summed E-state index contributed by atoms with van der Waals surface area (Å²) in [5, 5.41) is 0.916. The lowest BCUT2D eigenvalue weighted by Crippen LogP contribution is -2.27. The topological polar surface area (TPSA) is 81.1 Å². The molecule has 1 saturated heterocycles. The van der Waals surface area contributed by atoms with Crippen molar-refractivity contribution in [2.75, 3.05) is 18.8 Å². The first kappa shape index (κ1) is 11.4. The molecule has 5 heteroatoms. The summed E-state index contributed by atoms with van der Waals surface area (Å²) in [6.45, 7) is 2.65. The zero-order valence-corrected chi connectivity index (χ0v) is 10.2. The molecule has 0 unspecified atom stereocenters. The quantitative estimate of drug-likeness (QED) is 0.813. The van der Waals surface area contributed by atoms with Gasteiger partial charge in [-0.1, -0.05) is 12.1 Å². The molecule has 1 aromatic heterocycles. The Bertz CT molecular complexity index is 568. The molecular formula is C13H17N5. The number of nitrogen functional groups attached to an aromatic ring is 1. The highest BCUT2D eigenvalue weighted by molar-refractivity contribution is 5.87. The highest BCUT2D eigenvalue weighted by Gasteiger charge is 2.20. The molecule has 94 valence electrons. The molecule has 1 aliphatic heterocycles. The van der Waals surface area contributed by atoms with Gasteiger partial charge in [-0.15, -0.1) is 0 Å². The summed E-state index contributed by atoms with van der Waals surface area (Å²) in [6.07, 6.45) is 1.04. The van der Waals surface area contributed by atoms with Gasteiger partial charge in [0.05, 0.1) is 12.1 Å². The SMILES string of the molecule is Nc1nc(CN2CC[C@H](N)C2)nc2ccccc12. The molecule has 2 heterocycles. The number of fused-ring (bicyclic) bond motifs is 1. The molecule has 3 rings (SSSR count). The van der Waals surface area contributed by atoms with Crippen molar-refractivity contribution in [3.8, 4) is 0 Å². The Hall–Kier alpha value is -1.72. The summed E-state index contributed by atoms with van der Waals surface area (Å²) < 4.78 is 0. The van der Waals surface area contributed by atoms with Crippen molar-refractivity contribution in [3.63, 3.8) is 0 Å². The summed E-state index contributed by atoms with van der Waals surface area (Å²) in [5.41, 5.74) is 12.8. The van der Waals surface area contributed by atoms with E-state index in [1.165, 1.54) is 0 Å². The fraction of sp³-hybridized carbons (Fsp3) is 0.385. The molecule has 0 aliphatic carbocycles. The van der Waals surface area contributed by atoms with E-state index in [-0.39, 0.29) is 6.04 Å². The van der Waals surface area contributed by atoms with Crippen molar-refractivity contribution in [2.24, 2.45) is 5.73 Å². The van der Waals surface area contributed by atoms with Gasteiger partial charge in [0.15, 0.2) is 0 Å². The molecular weight excluding hydrogens is 226 g/mol. The van der Waals surface area contributed by atoms with Crippen molar-refractivity contribution in [1.82, 2.24) is 14.9 Å². The van der Waals surface area contributed by atoms with Crippen molar-refractivity contribution in [3.05, 3.63) is 30.1 Å². The van der Waals surface area contributed by atoms with Crippen LogP contribution in [0.1, 0.15) is 12.2 Å². The molecule has 18 heavy (non-hydrogen) atoms. The van der Waals surface area contributed by atoms with E-state index in [0.29, 0.717) is 5.82 Å². The van der Waals surface area contributed by atoms with E-state index in [9.17, 15) is 0 Å². The van der Waals surface area contributed by atoms with Crippen LogP contribution in [0.4, 0.5) is 5.82 Å². The number of nitrogens with zero attached hydrogens (tertiary/aromatic N) is 3. The molecule has 1 fully saturated rings. The monoisotopic (exact) mass is 243 g/mol. The van der Waals surface area contributed by atoms with Gasteiger partial charge in [-0.2, -0.15) is 0 Å². The second-order valence-corrected chi connectivity index (χ2v) is 4.83. The zero-order chi connectivity index (χ0) is 12.5. The number of hydrogen-bond donors (Lipinski definition) is 2. The van der Waals surface area contributed by atoms with Gasteiger partial charge in [0, 0.05) is 24.5 Å². The molecule has 2 aromatic rings. The molecule has 0 bridgehead atoms. The summed E-state index contributed by atoms with van der Waals surface area (Å²) in [5.74, 6) is 1.33. The van der Waals surface area contributed by atoms with Crippen LogP contribution >= 0.6 is 0 Å². The van der Waals surface area contributed by atoms with Gasteiger partial charge in [0.1, 0.15) is 11.6 Å². The van der Waals surface area contributed by atoms with Gasteiger partial charge in [-0.3, -0.25) is 4.90 Å². The maximum atomic E-state index is 5.96. The number of likely N-dealkylation sites (tertiary alicyclic amines) is 1. The van der Waals surface area contributed by atoms with Gasteiger partial charge in [0.25, 0.3) is 0 Å². The molecule has 0 saturated carbocycles. The number of nitrogens with two attached hydrogens (primary N) is 2. The molecule has 4 N–H and O–H groups in total. The third-order valence-electron chi connectivity index (χ3n) is 3.35. The molecule has 0 amide bonds. The Kier molecular flexibility index (Phi) is 2.85. The van der Waals surface area contributed by atoms with Crippen molar-refractivity contribution in [1.29, 1.82) is 0 Å². The van der Waals surface area contributed by atoms with Gasteiger partial charge < -0.3 is 11.5 Å². The number of anilines is 1. The molecule has 0 spiro atoms. The van der Waals surface area contributed by atoms with E-state index in [4.69, 9.17) is 11.5 Å². The lowest BCUT2D eigenvalue weighted by atomic mass is 10.2. The Morgan fingerprint density at radius 3 is 2.89 bits per heavy atom. The Morgan fingerprint density at radius 1 is 1.28 bits per heavy atom. The van der Waals surface area contributed by atoms with Crippen LogP contribution in [0.25, 0.3) is 10.9 Å². The lowest BCUT2D eigenvalue weighted by Gasteiger charge is -2.14. The van der Waals surface area contributed by atoms with Crippen LogP contribution < -0.4 is 11.5 Å². The van der Waals surface area contributed by atoms with Crippen molar-refractivity contribution < 1.29 is 0 Å². The van der Waals surface area contributed by atoms with E-state index in [2.05, 4.69) is 14.9 Å². The zero-order valence-electron chi connectivity index (χ0n) is 10.2. The first-order valence-electron chi connectivity index (χ1n) is 6.21. The third-order valence-corrected chi connectivity index (χ3v) is 3.35. The van der Waals surface area contributed by atoms with E-state index in [1.807, 2.05) is 24.3 Å². The molecule has 5 nitrogen and oxygen atoms in total. The van der Waals surface area contributed by atoms with E-state index in [0.717, 1.165) is 42.8 Å². The summed E-state index contributed by atoms with van der Waals surface area (Å²) >= 11 is 0. The highest BCUT2D eigenvalue weighted by Crippen LogP contribution is 2.18. The minimum Gasteiger partial charge on any atom is -0.383 e. The Morgan fingerprint density at radius 2 is 2.11 bits per heavy atom. The predicted octanol–water partition coefficient (Wildman–Crippen LogP) is 0.745. The molecule has 1 aliphatic rings. The highest BCUT2D eigenvalue weighted by atomic mass is 15.2. The smallest absolute Gasteiger partial charge is 0.145 e. The van der Waals surface area contributed by atoms with Crippen LogP contribution in [-0.4, -0.2) is 34.0 Å². The standard InChI is InChI=1S/C13H17N5/c14-9-5-6-18(7-9)8-12-16-11-4-2-1-3-10(11)13(15)17-12/h1-4,9H,5-8,14H2,(H2,15,16,17)/t9-/m0/s1. The number of aromatic nitrogens is 2. The van der Waals surface area contributed by atoms with Crippen LogP contribution in [0.5, 0.6) is 0 Å². The van der Waals surface area contributed by atoms with Crippen LogP contribution in [0.2, 0.25) is 0 Å². The average molecular weight is 243 g/mol. The molecule has 1 aromatic carbocycles. The predicted molar refractivity (Wildman–Crippen MR) is 71.8 cm³/mol. The Balaban J connectivity index is 1.88. The van der Waals surface area contributed by atoms with E-state index < -0.39 is 0 Å². The minimum absolute atomic E-state index is 0.280. The average Bonchev–Trinajstić information content (AvgIpc) is 2.75. The summed E-state index contributed by atoms with van der Waals surface area (Å²) in [4.78, 5) is 11.2. The van der Waals surface area contributed by atoms with Crippen LogP contribution in [0.15, 0.2) is 24.3 Å². The fourth-order valence-corrected chi connectivity index (χ4v) is 2.43. The normalized spacial score (nSPS) is 20.6. The fourth-order valence-electron chi connectivity index (χ4n) is 2.43. The lowest BCUT2D eigenvalue weighted by molar-refractivity contribution is 0.319. The van der Waals surface area contributed by atoms with E-state index in [1.54, 1.807) is 0 Å².